The van der Waals surface area contributed by atoms with Gasteiger partial charge in [-0.3, -0.25) is 9.59 Å². The average Bonchev–Trinajstić information content (AvgIpc) is 3.12. The van der Waals surface area contributed by atoms with Gasteiger partial charge in [0.15, 0.2) is 0 Å². The van der Waals surface area contributed by atoms with E-state index in [2.05, 4.69) is 0 Å². The van der Waals surface area contributed by atoms with Crippen LogP contribution >= 0.6 is 0 Å². The number of hydrogen-bond donors (Lipinski definition) is 0. The highest BCUT2D eigenvalue weighted by molar-refractivity contribution is 6.11. The molecule has 0 aromatic heterocycles. The number of fused-ring (bicyclic) bond motifs is 1. The topological polar surface area (TPSA) is 40.6 Å². The molecule has 0 saturated heterocycles. The third kappa shape index (κ3) is 1.60. The van der Waals surface area contributed by atoms with Crippen molar-refractivity contribution < 1.29 is 9.59 Å². The lowest BCUT2D eigenvalue weighted by Gasteiger charge is -2.35. The van der Waals surface area contributed by atoms with Crippen LogP contribution in [-0.4, -0.2) is 24.4 Å². The number of rotatable bonds is 1. The van der Waals surface area contributed by atoms with Gasteiger partial charge in [-0.05, 0) is 25.0 Å². The third-order valence-corrected chi connectivity index (χ3v) is 3.29. The summed E-state index contributed by atoms with van der Waals surface area (Å²) in [7, 11) is 0. The molecule has 17 heavy (non-hydrogen) atoms. The first-order chi connectivity index (χ1) is 8.18. The number of hydrogen-bond acceptors (Lipinski definition) is 2. The summed E-state index contributed by atoms with van der Waals surface area (Å²) >= 11 is 0. The molecule has 0 N–H and O–H groups in total. The van der Waals surface area contributed by atoms with E-state index in [0.717, 1.165) is 24.2 Å². The SMILES string of the molecule is CC(=O)N1CC(=O)N(C2CC2)c2ccccc21. The number of para-hydroxylation sites is 2. The van der Waals surface area contributed by atoms with Gasteiger partial charge >= 0.3 is 0 Å². The van der Waals surface area contributed by atoms with Crippen LogP contribution in [0.25, 0.3) is 0 Å². The monoisotopic (exact) mass is 230 g/mol. The highest BCUT2D eigenvalue weighted by Crippen LogP contribution is 2.40. The molecule has 0 atom stereocenters. The van der Waals surface area contributed by atoms with Gasteiger partial charge in [0.25, 0.3) is 0 Å². The molecule has 0 spiro atoms. The standard InChI is InChI=1S/C13H14N2O2/c1-9(16)14-8-13(17)15(10-6-7-10)12-5-3-2-4-11(12)14/h2-5,10H,6-8H2,1H3. The predicted octanol–water partition coefficient (Wildman–Crippen LogP) is 1.55. The molecule has 2 amide bonds. The van der Waals surface area contributed by atoms with Crippen molar-refractivity contribution in [2.45, 2.75) is 25.8 Å². The van der Waals surface area contributed by atoms with Crippen LogP contribution in [0.4, 0.5) is 11.4 Å². The molecule has 1 aliphatic carbocycles. The summed E-state index contributed by atoms with van der Waals surface area (Å²) in [6.07, 6.45) is 2.14. The summed E-state index contributed by atoms with van der Waals surface area (Å²) in [6, 6.07) is 7.97. The van der Waals surface area contributed by atoms with E-state index in [0.29, 0.717) is 6.04 Å². The molecule has 4 heteroatoms. The Bertz CT molecular complexity index is 494. The fourth-order valence-corrected chi connectivity index (χ4v) is 2.34. The number of nitrogens with zero attached hydrogens (tertiary/aromatic N) is 2. The Balaban J connectivity index is 2.09. The van der Waals surface area contributed by atoms with Gasteiger partial charge in [-0.1, -0.05) is 12.1 Å². The summed E-state index contributed by atoms with van der Waals surface area (Å²) < 4.78 is 0. The van der Waals surface area contributed by atoms with E-state index >= 15 is 0 Å². The van der Waals surface area contributed by atoms with Crippen molar-refractivity contribution in [2.75, 3.05) is 16.3 Å². The normalized spacial score (nSPS) is 19.2. The van der Waals surface area contributed by atoms with Crippen LogP contribution in [0.5, 0.6) is 0 Å². The maximum atomic E-state index is 12.1. The Morgan fingerprint density at radius 1 is 1.24 bits per heavy atom. The van der Waals surface area contributed by atoms with Gasteiger partial charge in [-0.25, -0.2) is 0 Å². The lowest BCUT2D eigenvalue weighted by molar-refractivity contribution is -0.122. The van der Waals surface area contributed by atoms with Gasteiger partial charge in [-0.2, -0.15) is 0 Å². The molecule has 0 radical (unpaired) electrons. The molecular weight excluding hydrogens is 216 g/mol. The third-order valence-electron chi connectivity index (χ3n) is 3.29. The maximum Gasteiger partial charge on any atom is 0.247 e. The smallest absolute Gasteiger partial charge is 0.247 e. The molecule has 1 aliphatic heterocycles. The fourth-order valence-electron chi connectivity index (χ4n) is 2.34. The Kier molecular flexibility index (Phi) is 2.18. The maximum absolute atomic E-state index is 12.1. The second-order valence-electron chi connectivity index (χ2n) is 4.59. The number of benzene rings is 1. The van der Waals surface area contributed by atoms with E-state index in [1.54, 1.807) is 4.90 Å². The van der Waals surface area contributed by atoms with Crippen molar-refractivity contribution in [2.24, 2.45) is 0 Å². The van der Waals surface area contributed by atoms with Crippen molar-refractivity contribution in [3.63, 3.8) is 0 Å². The Morgan fingerprint density at radius 3 is 2.47 bits per heavy atom. The number of anilines is 2. The van der Waals surface area contributed by atoms with Gasteiger partial charge in [0.05, 0.1) is 11.4 Å². The van der Waals surface area contributed by atoms with Gasteiger partial charge in [0.2, 0.25) is 11.8 Å². The molecule has 4 nitrogen and oxygen atoms in total. The molecule has 0 bridgehead atoms. The summed E-state index contributed by atoms with van der Waals surface area (Å²) in [4.78, 5) is 27.0. The quantitative estimate of drug-likeness (QED) is 0.734. The molecule has 1 fully saturated rings. The molecular formula is C13H14N2O2. The molecule has 1 saturated carbocycles. The molecule has 3 rings (SSSR count). The molecule has 0 unspecified atom stereocenters. The molecule has 2 aliphatic rings. The largest absolute Gasteiger partial charge is 0.306 e. The second kappa shape index (κ2) is 3.58. The van der Waals surface area contributed by atoms with Gasteiger partial charge in [-0.15, -0.1) is 0 Å². The number of carbonyl (C=O) groups excluding carboxylic acids is 2. The van der Waals surface area contributed by atoms with E-state index < -0.39 is 0 Å². The minimum absolute atomic E-state index is 0.0291. The number of amides is 2. The first kappa shape index (κ1) is 10.3. The van der Waals surface area contributed by atoms with E-state index in [1.807, 2.05) is 29.2 Å². The summed E-state index contributed by atoms with van der Waals surface area (Å²) in [6.45, 7) is 1.67. The Morgan fingerprint density at radius 2 is 1.88 bits per heavy atom. The van der Waals surface area contributed by atoms with E-state index in [9.17, 15) is 9.59 Å². The minimum Gasteiger partial charge on any atom is -0.306 e. The van der Waals surface area contributed by atoms with Gasteiger partial charge < -0.3 is 9.80 Å². The molecule has 1 aromatic rings. The summed E-state index contributed by atoms with van der Waals surface area (Å²) in [5.41, 5.74) is 1.73. The molecule has 1 heterocycles. The predicted molar refractivity (Wildman–Crippen MR) is 65.0 cm³/mol. The fraction of sp³-hybridized carbons (Fsp3) is 0.385. The summed E-state index contributed by atoms with van der Waals surface area (Å²) in [5.74, 6) is -0.0531. The van der Waals surface area contributed by atoms with Crippen molar-refractivity contribution >= 4 is 23.2 Å². The average molecular weight is 230 g/mol. The molecule has 88 valence electrons. The van der Waals surface area contributed by atoms with Crippen LogP contribution in [0.1, 0.15) is 19.8 Å². The van der Waals surface area contributed by atoms with Crippen LogP contribution in [0.3, 0.4) is 0 Å². The van der Waals surface area contributed by atoms with Gasteiger partial charge in [0.1, 0.15) is 6.54 Å². The van der Waals surface area contributed by atoms with Crippen LogP contribution in [0, 0.1) is 0 Å². The highest BCUT2D eigenvalue weighted by atomic mass is 16.2. The number of carbonyl (C=O) groups is 2. The minimum atomic E-state index is -0.0822. The first-order valence-electron chi connectivity index (χ1n) is 5.87. The Labute approximate surface area is 99.8 Å². The second-order valence-corrected chi connectivity index (χ2v) is 4.59. The lowest BCUT2D eigenvalue weighted by Crippen LogP contribution is -2.48. The van der Waals surface area contributed by atoms with Crippen molar-refractivity contribution in [1.29, 1.82) is 0 Å². The lowest BCUT2D eigenvalue weighted by atomic mass is 10.1. The molecule has 1 aromatic carbocycles. The zero-order valence-corrected chi connectivity index (χ0v) is 9.72. The van der Waals surface area contributed by atoms with Crippen LogP contribution in [0.15, 0.2) is 24.3 Å². The van der Waals surface area contributed by atoms with E-state index in [4.69, 9.17) is 0 Å². The van der Waals surface area contributed by atoms with Crippen LogP contribution < -0.4 is 9.80 Å². The zero-order chi connectivity index (χ0) is 12.0. The first-order valence-corrected chi connectivity index (χ1v) is 5.87. The van der Waals surface area contributed by atoms with Crippen molar-refractivity contribution in [3.05, 3.63) is 24.3 Å². The highest BCUT2D eigenvalue weighted by Gasteiger charge is 2.39. The Hall–Kier alpha value is -1.84. The zero-order valence-electron chi connectivity index (χ0n) is 9.72. The summed E-state index contributed by atoms with van der Waals surface area (Å²) in [5, 5.41) is 0. The van der Waals surface area contributed by atoms with Crippen LogP contribution in [0.2, 0.25) is 0 Å². The van der Waals surface area contributed by atoms with Crippen LogP contribution in [-0.2, 0) is 9.59 Å². The van der Waals surface area contributed by atoms with E-state index in [-0.39, 0.29) is 18.4 Å². The van der Waals surface area contributed by atoms with Gasteiger partial charge in [0, 0.05) is 13.0 Å². The van der Waals surface area contributed by atoms with Crippen molar-refractivity contribution in [3.8, 4) is 0 Å². The van der Waals surface area contributed by atoms with E-state index in [1.165, 1.54) is 6.92 Å². The van der Waals surface area contributed by atoms with Crippen molar-refractivity contribution in [1.82, 2.24) is 0 Å².